The molecule has 0 spiro atoms. The third-order valence-electron chi connectivity index (χ3n) is 6.50. The van der Waals surface area contributed by atoms with Crippen molar-refractivity contribution in [2.24, 2.45) is 9.98 Å². The molecule has 0 saturated heterocycles. The molecular formula is C34H46CoN2O6Si2. The summed E-state index contributed by atoms with van der Waals surface area (Å²) in [5, 5.41) is 42.0. The number of hydrogen-bond donors (Lipinski definition) is 2. The predicted octanol–water partition coefficient (Wildman–Crippen LogP) is 4.32. The van der Waals surface area contributed by atoms with Gasteiger partial charge in [-0.2, -0.15) is 0 Å². The van der Waals surface area contributed by atoms with Crippen molar-refractivity contribution in [2.75, 3.05) is 0 Å². The van der Waals surface area contributed by atoms with Gasteiger partial charge in [0.2, 0.25) is 0 Å². The molecular weight excluding hydrogens is 647 g/mol. The maximum atomic E-state index is 10.8. The second-order valence-electron chi connectivity index (χ2n) is 12.3. The Bertz CT molecular complexity index is 1390. The fourth-order valence-electron chi connectivity index (χ4n) is 4.00. The molecule has 245 valence electrons. The van der Waals surface area contributed by atoms with Crippen molar-refractivity contribution in [3.63, 3.8) is 0 Å². The maximum absolute atomic E-state index is 10.8. The van der Waals surface area contributed by atoms with Crippen LogP contribution in [0, 0.1) is 0 Å². The van der Waals surface area contributed by atoms with Crippen LogP contribution in [0.1, 0.15) is 49.9 Å². The van der Waals surface area contributed by atoms with Crippen LogP contribution in [0.2, 0.25) is 39.3 Å². The second-order valence-corrected chi connectivity index (χ2v) is 22.5. The van der Waals surface area contributed by atoms with E-state index in [0.717, 1.165) is 48.9 Å². The molecule has 3 aromatic rings. The molecule has 0 aromatic heterocycles. The number of carbonyl (C=O) groups excluding carboxylic acids is 2. The average molecular weight is 694 g/mol. The van der Waals surface area contributed by atoms with Gasteiger partial charge in [-0.1, -0.05) is 99.9 Å². The summed E-state index contributed by atoms with van der Waals surface area (Å²) in [5.41, 5.74) is 4.79. The number of carboxylic acid groups (broad SMARTS) is 2. The van der Waals surface area contributed by atoms with Crippen molar-refractivity contribution in [3.8, 4) is 11.5 Å². The van der Waals surface area contributed by atoms with Crippen molar-refractivity contribution < 1.29 is 46.8 Å². The number of phenolic OH excluding ortho intramolecular Hbond substituents is 2. The summed E-state index contributed by atoms with van der Waals surface area (Å²) in [6, 6.07) is 16.1. The van der Waals surface area contributed by atoms with E-state index in [9.17, 15) is 10.2 Å². The zero-order valence-electron chi connectivity index (χ0n) is 27.9. The first-order valence-corrected chi connectivity index (χ1v) is 21.6. The normalized spacial score (nSPS) is 11.2. The smallest absolute Gasteiger partial charge is 0.550 e. The molecule has 0 amide bonds. The van der Waals surface area contributed by atoms with E-state index >= 15 is 0 Å². The van der Waals surface area contributed by atoms with E-state index in [1.807, 2.05) is 24.3 Å². The number of aliphatic imine (C=N–C) groups is 2. The number of aliphatic carboxylic acids is 2. The Morgan fingerprint density at radius 3 is 1.22 bits per heavy atom. The zero-order chi connectivity index (χ0) is 33.8. The minimum atomic E-state index is -1.55. The van der Waals surface area contributed by atoms with E-state index < -0.39 is 28.1 Å². The van der Waals surface area contributed by atoms with Crippen LogP contribution in [0.3, 0.4) is 0 Å². The molecule has 0 bridgehead atoms. The van der Waals surface area contributed by atoms with Gasteiger partial charge in [0.05, 0.1) is 27.5 Å². The molecule has 0 aliphatic carbocycles. The Kier molecular flexibility index (Phi) is 17.0. The molecule has 1 radical (unpaired) electrons. The van der Waals surface area contributed by atoms with Gasteiger partial charge in [-0.15, -0.1) is 0 Å². The van der Waals surface area contributed by atoms with E-state index in [1.54, 1.807) is 12.4 Å². The van der Waals surface area contributed by atoms with Gasteiger partial charge < -0.3 is 30.0 Å². The van der Waals surface area contributed by atoms with Crippen LogP contribution < -0.4 is 20.6 Å². The second kappa shape index (κ2) is 18.4. The van der Waals surface area contributed by atoms with Gasteiger partial charge in [0.15, 0.2) is 0 Å². The van der Waals surface area contributed by atoms with Crippen LogP contribution in [-0.4, -0.2) is 50.7 Å². The van der Waals surface area contributed by atoms with Crippen molar-refractivity contribution in [2.45, 2.75) is 79.8 Å². The molecule has 0 fully saturated rings. The summed E-state index contributed by atoms with van der Waals surface area (Å²) < 4.78 is 0. The van der Waals surface area contributed by atoms with E-state index in [-0.39, 0.29) is 16.8 Å². The monoisotopic (exact) mass is 693 g/mol. The minimum Gasteiger partial charge on any atom is -0.550 e. The summed E-state index contributed by atoms with van der Waals surface area (Å²) in [6.07, 6.45) is 5.02. The fourth-order valence-corrected chi connectivity index (χ4v) is 6.39. The number of phenols is 2. The van der Waals surface area contributed by atoms with Crippen LogP contribution in [0.15, 0.2) is 58.5 Å². The van der Waals surface area contributed by atoms with Crippen LogP contribution in [-0.2, 0) is 39.2 Å². The standard InChI is InChI=1S/C30H40N2O2Si2.2C2H4O2.Co/c1-9-21-15-25(35(3,4)5)17-23(29(21)33)19-31-27-13-11-12-14-28(27)32-20-24-18-26(36(6,7)8)16-22(10-2)30(24)34;2*1-2(3)4;/h11-20,33-34H,9-10H2,1-8H3;2*1H3,(H,3,4);/q;;;+2/p-2. The molecule has 11 heteroatoms. The van der Waals surface area contributed by atoms with Crippen molar-refractivity contribution in [1.82, 2.24) is 0 Å². The zero-order valence-corrected chi connectivity index (χ0v) is 31.0. The first-order chi connectivity index (χ1) is 20.3. The molecule has 2 N–H and O–H groups in total. The van der Waals surface area contributed by atoms with Crippen LogP contribution in [0.25, 0.3) is 0 Å². The van der Waals surface area contributed by atoms with Crippen molar-refractivity contribution in [1.29, 1.82) is 0 Å². The van der Waals surface area contributed by atoms with E-state index in [2.05, 4.69) is 77.4 Å². The first kappa shape index (κ1) is 41.5. The molecule has 3 aromatic carbocycles. The van der Waals surface area contributed by atoms with Gasteiger partial charge in [-0.05, 0) is 49.9 Å². The number of aromatic hydroxyl groups is 2. The molecule has 0 unspecified atom stereocenters. The topological polar surface area (TPSA) is 145 Å². The predicted molar refractivity (Wildman–Crippen MR) is 183 cm³/mol. The SMILES string of the molecule is CC(=O)[O-].CC(=O)[O-].CCc1cc([Si](C)(C)C)cc(C=Nc2ccccc2N=Cc2cc([Si](C)(C)C)cc(CC)c2O)c1O.[Co+2]. The molecule has 0 heterocycles. The number of carboxylic acids is 2. The Morgan fingerprint density at radius 2 is 0.978 bits per heavy atom. The van der Waals surface area contributed by atoms with Crippen LogP contribution in [0.5, 0.6) is 11.5 Å². The van der Waals surface area contributed by atoms with Gasteiger partial charge in [0.25, 0.3) is 0 Å². The van der Waals surface area contributed by atoms with Crippen LogP contribution >= 0.6 is 0 Å². The molecule has 0 aliphatic heterocycles. The summed E-state index contributed by atoms with van der Waals surface area (Å²) in [4.78, 5) is 27.2. The summed E-state index contributed by atoms with van der Waals surface area (Å²) in [7, 11) is -3.11. The first-order valence-electron chi connectivity index (χ1n) is 14.6. The third-order valence-corrected chi connectivity index (χ3v) is 10.5. The molecule has 0 aliphatic rings. The van der Waals surface area contributed by atoms with E-state index in [1.165, 1.54) is 10.4 Å². The molecule has 3 rings (SSSR count). The number of aryl methyl sites for hydroxylation is 2. The Balaban J connectivity index is 0.00000192. The molecule has 8 nitrogen and oxygen atoms in total. The number of nitrogens with zero attached hydrogens (tertiary/aromatic N) is 2. The van der Waals surface area contributed by atoms with Crippen molar-refractivity contribution >= 4 is 62.3 Å². The van der Waals surface area contributed by atoms with Crippen LogP contribution in [0.4, 0.5) is 11.4 Å². The number of hydrogen-bond acceptors (Lipinski definition) is 8. The minimum absolute atomic E-state index is 0. The van der Waals surface area contributed by atoms with Crippen molar-refractivity contribution in [3.05, 3.63) is 70.8 Å². The number of carbonyl (C=O) groups is 2. The van der Waals surface area contributed by atoms with Gasteiger partial charge >= 0.3 is 16.8 Å². The number of rotatable bonds is 8. The third kappa shape index (κ3) is 14.0. The summed E-state index contributed by atoms with van der Waals surface area (Å²) in [6.45, 7) is 19.9. The van der Waals surface area contributed by atoms with E-state index in [0.29, 0.717) is 22.9 Å². The van der Waals surface area contributed by atoms with Gasteiger partial charge in [-0.3, -0.25) is 9.98 Å². The Hall–Kier alpha value is -3.52. The quantitative estimate of drug-likeness (QED) is 0.266. The Morgan fingerprint density at radius 1 is 0.689 bits per heavy atom. The largest absolute Gasteiger partial charge is 2.00 e. The summed E-state index contributed by atoms with van der Waals surface area (Å²) >= 11 is 0. The van der Waals surface area contributed by atoms with Gasteiger partial charge in [-0.25, -0.2) is 0 Å². The maximum Gasteiger partial charge on any atom is 2.00 e. The summed E-state index contributed by atoms with van der Waals surface area (Å²) in [5.74, 6) is -1.58. The number of para-hydroxylation sites is 2. The molecule has 0 atom stereocenters. The average Bonchev–Trinajstić information content (AvgIpc) is 2.90. The molecule has 0 saturated carbocycles. The Labute approximate surface area is 280 Å². The fraction of sp³-hybridized carbons (Fsp3) is 0.353. The van der Waals surface area contributed by atoms with E-state index in [4.69, 9.17) is 29.8 Å². The van der Waals surface area contributed by atoms with Gasteiger partial charge in [0.1, 0.15) is 11.5 Å². The number of benzene rings is 3. The van der Waals surface area contributed by atoms with Gasteiger partial charge in [0, 0.05) is 35.5 Å². The molecule has 45 heavy (non-hydrogen) atoms.